The van der Waals surface area contributed by atoms with E-state index in [1.165, 1.54) is 11.1 Å². The molecule has 2 aromatic carbocycles. The van der Waals surface area contributed by atoms with Crippen molar-refractivity contribution in [3.05, 3.63) is 53.1 Å². The zero-order valence-corrected chi connectivity index (χ0v) is 13.3. The van der Waals surface area contributed by atoms with Crippen LogP contribution >= 0.6 is 11.8 Å². The molecule has 0 saturated heterocycles. The predicted octanol–water partition coefficient (Wildman–Crippen LogP) is 4.21. The molecule has 0 unspecified atom stereocenters. The van der Waals surface area contributed by atoms with E-state index in [4.69, 9.17) is 10.5 Å². The summed E-state index contributed by atoms with van der Waals surface area (Å²) in [6, 6.07) is 11.5. The Bertz CT molecular complexity index is 668. The molecule has 0 saturated carbocycles. The highest BCUT2D eigenvalue weighted by Gasteiger charge is 2.10. The third-order valence-electron chi connectivity index (χ3n) is 3.23. The summed E-state index contributed by atoms with van der Waals surface area (Å²) in [5.41, 5.74) is 9.68. The van der Waals surface area contributed by atoms with Crippen molar-refractivity contribution < 1.29 is 9.53 Å². The van der Waals surface area contributed by atoms with Crippen molar-refractivity contribution in [3.63, 3.8) is 0 Å². The summed E-state index contributed by atoms with van der Waals surface area (Å²) in [5, 5.41) is 0. The van der Waals surface area contributed by atoms with Gasteiger partial charge in [0.2, 0.25) is 0 Å². The average Bonchev–Trinajstić information content (AvgIpc) is 2.45. The summed E-state index contributed by atoms with van der Waals surface area (Å²) >= 11 is 1.55. The maximum Gasteiger partial charge on any atom is 0.338 e. The lowest BCUT2D eigenvalue weighted by atomic mass is 10.1. The molecular formula is C17H19NO2S. The highest BCUT2D eigenvalue weighted by molar-refractivity contribution is 7.99. The van der Waals surface area contributed by atoms with Crippen LogP contribution in [0.2, 0.25) is 0 Å². The van der Waals surface area contributed by atoms with E-state index in [-0.39, 0.29) is 5.97 Å². The minimum atomic E-state index is -0.320. The normalized spacial score (nSPS) is 10.4. The van der Waals surface area contributed by atoms with Crippen LogP contribution in [-0.2, 0) is 4.74 Å². The van der Waals surface area contributed by atoms with Gasteiger partial charge in [-0.2, -0.15) is 0 Å². The molecule has 0 fully saturated rings. The lowest BCUT2D eigenvalue weighted by molar-refractivity contribution is 0.0526. The molecule has 4 heteroatoms. The quantitative estimate of drug-likeness (QED) is 0.679. The Hall–Kier alpha value is -1.94. The molecule has 0 amide bonds. The molecule has 2 N–H and O–H groups in total. The van der Waals surface area contributed by atoms with E-state index < -0.39 is 0 Å². The smallest absolute Gasteiger partial charge is 0.338 e. The molecule has 0 atom stereocenters. The number of nitrogens with two attached hydrogens (primary N) is 1. The second kappa shape index (κ2) is 6.68. The first-order valence-electron chi connectivity index (χ1n) is 6.83. The Kier molecular flexibility index (Phi) is 4.91. The van der Waals surface area contributed by atoms with E-state index >= 15 is 0 Å². The highest BCUT2D eigenvalue weighted by Crippen LogP contribution is 2.33. The molecule has 0 aliphatic carbocycles. The predicted molar refractivity (Wildman–Crippen MR) is 86.8 cm³/mol. The molecule has 110 valence electrons. The zero-order chi connectivity index (χ0) is 15.4. The molecule has 0 aliphatic heterocycles. The first-order chi connectivity index (χ1) is 10.0. The first kappa shape index (κ1) is 15.4. The molecule has 2 aromatic rings. The van der Waals surface area contributed by atoms with E-state index in [1.807, 2.05) is 0 Å². The van der Waals surface area contributed by atoms with Crippen LogP contribution in [0.25, 0.3) is 0 Å². The Morgan fingerprint density at radius 3 is 2.57 bits per heavy atom. The van der Waals surface area contributed by atoms with Crippen LogP contribution in [0.4, 0.5) is 5.69 Å². The molecular weight excluding hydrogens is 282 g/mol. The highest BCUT2D eigenvalue weighted by atomic mass is 32.2. The van der Waals surface area contributed by atoms with Crippen molar-refractivity contribution in [2.24, 2.45) is 0 Å². The summed E-state index contributed by atoms with van der Waals surface area (Å²) in [4.78, 5) is 13.8. The minimum absolute atomic E-state index is 0.320. The maximum atomic E-state index is 11.8. The monoisotopic (exact) mass is 301 g/mol. The van der Waals surface area contributed by atoms with E-state index in [2.05, 4.69) is 32.0 Å². The van der Waals surface area contributed by atoms with Crippen molar-refractivity contribution in [1.29, 1.82) is 0 Å². The number of anilines is 1. The fraction of sp³-hybridized carbons (Fsp3) is 0.235. The van der Waals surface area contributed by atoms with Gasteiger partial charge in [-0.1, -0.05) is 17.8 Å². The second-order valence-electron chi connectivity index (χ2n) is 4.82. The van der Waals surface area contributed by atoms with Crippen molar-refractivity contribution in [2.75, 3.05) is 12.3 Å². The summed E-state index contributed by atoms with van der Waals surface area (Å²) in [6.45, 7) is 6.32. The number of rotatable bonds is 4. The van der Waals surface area contributed by atoms with Crippen LogP contribution in [0.5, 0.6) is 0 Å². The fourth-order valence-corrected chi connectivity index (χ4v) is 2.87. The molecule has 0 spiro atoms. The van der Waals surface area contributed by atoms with Crippen LogP contribution in [0.15, 0.2) is 46.2 Å². The largest absolute Gasteiger partial charge is 0.462 e. The summed E-state index contributed by atoms with van der Waals surface area (Å²) in [5.74, 6) is -0.320. The SMILES string of the molecule is CCOC(=O)c1ccc(N)c(Sc2ccc(C)c(C)c2)c1. The molecule has 2 rings (SSSR count). The van der Waals surface area contributed by atoms with Crippen molar-refractivity contribution in [3.8, 4) is 0 Å². The summed E-state index contributed by atoms with van der Waals surface area (Å²) in [6.07, 6.45) is 0. The lowest BCUT2D eigenvalue weighted by Gasteiger charge is -2.09. The van der Waals surface area contributed by atoms with Crippen LogP contribution in [-0.4, -0.2) is 12.6 Å². The standard InChI is InChI=1S/C17H19NO2S/c1-4-20-17(19)13-6-8-15(18)16(10-13)21-14-7-5-11(2)12(3)9-14/h5-10H,4,18H2,1-3H3. The summed E-state index contributed by atoms with van der Waals surface area (Å²) in [7, 11) is 0. The molecule has 0 aliphatic rings. The lowest BCUT2D eigenvalue weighted by Crippen LogP contribution is -2.05. The Morgan fingerprint density at radius 1 is 1.14 bits per heavy atom. The molecule has 21 heavy (non-hydrogen) atoms. The van der Waals surface area contributed by atoms with Gasteiger partial charge in [0.15, 0.2) is 0 Å². The number of carbonyl (C=O) groups is 1. The second-order valence-corrected chi connectivity index (χ2v) is 5.94. The van der Waals surface area contributed by atoms with Crippen LogP contribution in [0, 0.1) is 13.8 Å². The van der Waals surface area contributed by atoms with Gasteiger partial charge in [0, 0.05) is 15.5 Å². The Morgan fingerprint density at radius 2 is 1.90 bits per heavy atom. The van der Waals surface area contributed by atoms with Crippen molar-refractivity contribution in [1.82, 2.24) is 0 Å². The Labute approximate surface area is 129 Å². The van der Waals surface area contributed by atoms with Crippen LogP contribution in [0.1, 0.15) is 28.4 Å². The van der Waals surface area contributed by atoms with Gasteiger partial charge >= 0.3 is 5.97 Å². The number of ether oxygens (including phenoxy) is 1. The Balaban J connectivity index is 2.28. The number of hydrogen-bond donors (Lipinski definition) is 1. The topological polar surface area (TPSA) is 52.3 Å². The number of hydrogen-bond acceptors (Lipinski definition) is 4. The van der Waals surface area contributed by atoms with Gasteiger partial charge in [0.1, 0.15) is 0 Å². The van der Waals surface area contributed by atoms with Gasteiger partial charge in [0.25, 0.3) is 0 Å². The number of aryl methyl sites for hydroxylation is 2. The fourth-order valence-electron chi connectivity index (χ4n) is 1.87. The molecule has 3 nitrogen and oxygen atoms in total. The van der Waals surface area contributed by atoms with Gasteiger partial charge in [-0.05, 0) is 62.2 Å². The maximum absolute atomic E-state index is 11.8. The van der Waals surface area contributed by atoms with E-state index in [9.17, 15) is 4.79 Å². The number of nitrogen functional groups attached to an aromatic ring is 1. The van der Waals surface area contributed by atoms with Crippen molar-refractivity contribution in [2.45, 2.75) is 30.6 Å². The third-order valence-corrected chi connectivity index (χ3v) is 4.29. The molecule has 0 bridgehead atoms. The van der Waals surface area contributed by atoms with Gasteiger partial charge in [-0.3, -0.25) is 0 Å². The average molecular weight is 301 g/mol. The van der Waals surface area contributed by atoms with Crippen molar-refractivity contribution >= 4 is 23.4 Å². The third kappa shape index (κ3) is 3.79. The molecule has 0 radical (unpaired) electrons. The molecule has 0 aromatic heterocycles. The number of carbonyl (C=O) groups excluding carboxylic acids is 1. The number of benzene rings is 2. The van der Waals surface area contributed by atoms with Gasteiger partial charge in [-0.25, -0.2) is 4.79 Å². The minimum Gasteiger partial charge on any atom is -0.462 e. The van der Waals surface area contributed by atoms with E-state index in [1.54, 1.807) is 36.9 Å². The summed E-state index contributed by atoms with van der Waals surface area (Å²) < 4.78 is 5.02. The van der Waals surface area contributed by atoms with E-state index in [0.717, 1.165) is 9.79 Å². The van der Waals surface area contributed by atoms with Gasteiger partial charge in [0.05, 0.1) is 12.2 Å². The number of esters is 1. The van der Waals surface area contributed by atoms with Gasteiger partial charge < -0.3 is 10.5 Å². The zero-order valence-electron chi connectivity index (χ0n) is 12.5. The first-order valence-corrected chi connectivity index (χ1v) is 7.64. The van der Waals surface area contributed by atoms with Gasteiger partial charge in [-0.15, -0.1) is 0 Å². The van der Waals surface area contributed by atoms with Crippen LogP contribution in [0.3, 0.4) is 0 Å². The molecule has 0 heterocycles. The van der Waals surface area contributed by atoms with E-state index in [0.29, 0.717) is 17.9 Å². The van der Waals surface area contributed by atoms with Crippen LogP contribution < -0.4 is 5.73 Å².